The Morgan fingerprint density at radius 2 is 1.68 bits per heavy atom. The number of carbonyl (C=O) groups is 2. The molecule has 3 aromatic rings. The molecule has 1 aliphatic heterocycles. The molecule has 3 N–H and O–H groups in total. The quantitative estimate of drug-likeness (QED) is 0.277. The number of nitrogens with one attached hydrogen (secondary N) is 3. The molecule has 0 saturated carbocycles. The molecule has 0 aromatic heterocycles. The molecule has 0 fully saturated rings. The first-order valence-electron chi connectivity index (χ1n) is 11.9. The predicted octanol–water partition coefficient (Wildman–Crippen LogP) is 7.07. The van der Waals surface area contributed by atoms with Crippen LogP contribution in [0.4, 0.5) is 24.5 Å². The van der Waals surface area contributed by atoms with Crippen molar-refractivity contribution in [2.45, 2.75) is 19.0 Å². The largest absolute Gasteiger partial charge is 0.416 e. The van der Waals surface area contributed by atoms with E-state index in [9.17, 15) is 28.0 Å². The lowest BCUT2D eigenvalue weighted by molar-refractivity contribution is -0.137. The smallest absolute Gasteiger partial charge is 0.353 e. The van der Waals surface area contributed by atoms with Crippen molar-refractivity contribution in [1.29, 1.82) is 5.26 Å². The van der Waals surface area contributed by atoms with Crippen LogP contribution in [0, 0.1) is 11.3 Å². The third-order valence-corrected chi connectivity index (χ3v) is 7.32. The van der Waals surface area contributed by atoms with Crippen LogP contribution in [-0.4, -0.2) is 17.6 Å². The number of hydrogen-bond donors (Lipinski definition) is 3. The molecule has 204 valence electrons. The third-order valence-electron chi connectivity index (χ3n) is 5.96. The second-order valence-electron chi connectivity index (χ2n) is 8.71. The molecule has 2 amide bonds. The Labute approximate surface area is 237 Å². The molecule has 4 rings (SSSR count). The van der Waals surface area contributed by atoms with Gasteiger partial charge < -0.3 is 16.0 Å². The van der Waals surface area contributed by atoms with Gasteiger partial charge in [-0.3, -0.25) is 9.59 Å². The number of benzene rings is 3. The Balaban J connectivity index is 1.61. The predicted molar refractivity (Wildman–Crippen MR) is 150 cm³/mol. The maximum atomic E-state index is 13.5. The van der Waals surface area contributed by atoms with Crippen LogP contribution in [0.25, 0.3) is 0 Å². The number of para-hydroxylation sites is 1. The van der Waals surface area contributed by atoms with Crippen LogP contribution in [0.1, 0.15) is 24.0 Å². The Hall–Kier alpha value is -4.20. The summed E-state index contributed by atoms with van der Waals surface area (Å²) in [5.41, 5.74) is 1.13. The minimum absolute atomic E-state index is 0.00333. The fraction of sp³-hybridized carbons (Fsp3) is 0.138. The van der Waals surface area contributed by atoms with E-state index in [-0.39, 0.29) is 22.6 Å². The van der Waals surface area contributed by atoms with Crippen LogP contribution in [0.15, 0.2) is 101 Å². The summed E-state index contributed by atoms with van der Waals surface area (Å²) >= 11 is 7.51. The van der Waals surface area contributed by atoms with Crippen molar-refractivity contribution in [3.05, 3.63) is 117 Å². The first kappa shape index (κ1) is 28.8. The van der Waals surface area contributed by atoms with Crippen LogP contribution in [0.5, 0.6) is 0 Å². The number of alkyl halides is 3. The molecule has 11 heteroatoms. The van der Waals surface area contributed by atoms with Crippen molar-refractivity contribution >= 4 is 46.6 Å². The molecule has 1 aliphatic rings. The molecule has 40 heavy (non-hydrogen) atoms. The maximum Gasteiger partial charge on any atom is 0.416 e. The number of rotatable bonds is 7. The first-order chi connectivity index (χ1) is 19.1. The Morgan fingerprint density at radius 3 is 2.35 bits per heavy atom. The summed E-state index contributed by atoms with van der Waals surface area (Å²) in [5, 5.41) is 19.3. The summed E-state index contributed by atoms with van der Waals surface area (Å²) in [5.74, 6) is -2.05. The van der Waals surface area contributed by atoms with E-state index in [1.807, 2.05) is 6.07 Å². The van der Waals surface area contributed by atoms with Gasteiger partial charge in [0.25, 0.3) is 5.91 Å². The van der Waals surface area contributed by atoms with Crippen molar-refractivity contribution in [1.82, 2.24) is 5.32 Å². The van der Waals surface area contributed by atoms with E-state index in [1.54, 1.807) is 55.5 Å². The molecule has 1 atom stereocenters. The van der Waals surface area contributed by atoms with E-state index in [1.165, 1.54) is 12.1 Å². The first-order valence-corrected chi connectivity index (χ1v) is 13.3. The number of dihydropyridines is 1. The third kappa shape index (κ3) is 6.68. The van der Waals surface area contributed by atoms with E-state index in [2.05, 4.69) is 22.0 Å². The fourth-order valence-corrected chi connectivity index (χ4v) is 5.31. The lowest BCUT2D eigenvalue weighted by Gasteiger charge is -2.30. The fourth-order valence-electron chi connectivity index (χ4n) is 4.18. The molecule has 0 radical (unpaired) electrons. The number of hydrogen-bond acceptors (Lipinski definition) is 5. The van der Waals surface area contributed by atoms with E-state index in [4.69, 9.17) is 11.6 Å². The molecule has 0 spiro atoms. The van der Waals surface area contributed by atoms with Crippen LogP contribution in [-0.2, 0) is 15.8 Å². The van der Waals surface area contributed by atoms with E-state index >= 15 is 0 Å². The number of allylic oxidation sites excluding steroid dienone is 2. The van der Waals surface area contributed by atoms with Crippen LogP contribution >= 0.6 is 23.4 Å². The number of anilines is 2. The van der Waals surface area contributed by atoms with Crippen molar-refractivity contribution in [2.75, 3.05) is 16.4 Å². The average molecular weight is 583 g/mol. The highest BCUT2D eigenvalue weighted by molar-refractivity contribution is 8.03. The minimum Gasteiger partial charge on any atom is -0.353 e. The molecule has 1 heterocycles. The maximum absolute atomic E-state index is 13.5. The lowest BCUT2D eigenvalue weighted by Crippen LogP contribution is -2.31. The summed E-state index contributed by atoms with van der Waals surface area (Å²) < 4.78 is 39.1. The summed E-state index contributed by atoms with van der Waals surface area (Å²) in [7, 11) is 0. The Morgan fingerprint density at radius 1 is 1.00 bits per heavy atom. The van der Waals surface area contributed by atoms with E-state index in [0.717, 1.165) is 23.9 Å². The number of carbonyl (C=O) groups excluding carboxylic acids is 2. The summed E-state index contributed by atoms with van der Waals surface area (Å²) in [6.45, 7) is 1.68. The van der Waals surface area contributed by atoms with Crippen molar-refractivity contribution in [3.63, 3.8) is 0 Å². The molecular formula is C29H22ClF3N4O2S. The number of nitrogens with zero attached hydrogens (tertiary/aromatic N) is 1. The van der Waals surface area contributed by atoms with Gasteiger partial charge in [-0.15, -0.1) is 0 Å². The van der Waals surface area contributed by atoms with E-state index in [0.29, 0.717) is 27.0 Å². The van der Waals surface area contributed by atoms with Gasteiger partial charge in [-0.1, -0.05) is 65.8 Å². The van der Waals surface area contributed by atoms with Crippen LogP contribution in [0.2, 0.25) is 5.02 Å². The van der Waals surface area contributed by atoms with Crippen molar-refractivity contribution < 1.29 is 22.8 Å². The van der Waals surface area contributed by atoms with Gasteiger partial charge in [0.2, 0.25) is 5.91 Å². The topological polar surface area (TPSA) is 94.0 Å². The second-order valence-corrected chi connectivity index (χ2v) is 10.1. The van der Waals surface area contributed by atoms with Gasteiger partial charge >= 0.3 is 6.18 Å². The zero-order valence-electron chi connectivity index (χ0n) is 21.0. The van der Waals surface area contributed by atoms with Gasteiger partial charge in [-0.05, 0) is 48.9 Å². The van der Waals surface area contributed by atoms with Crippen molar-refractivity contribution in [3.8, 4) is 6.07 Å². The lowest BCUT2D eigenvalue weighted by atomic mass is 9.82. The molecule has 6 nitrogen and oxygen atoms in total. The summed E-state index contributed by atoms with van der Waals surface area (Å²) in [6, 6.07) is 22.2. The Kier molecular flexibility index (Phi) is 8.87. The van der Waals surface area contributed by atoms with Gasteiger partial charge in [0.05, 0.1) is 33.9 Å². The number of amides is 2. The van der Waals surface area contributed by atoms with Gasteiger partial charge in [0.15, 0.2) is 0 Å². The standard InChI is InChI=1S/C29H22ClF3N4O2S/c1-17-25(27(39)37-19-9-3-2-4-10-19)26(21-12-5-6-13-23(21)30)22(15-34)28(35-17)40-16-24(38)36-20-11-7-8-18(14-20)29(31,32)33/h2-14,26,35H,16H2,1H3,(H,36,38)(H,37,39)/t26-/m1/s1. The molecule has 0 aliphatic carbocycles. The summed E-state index contributed by atoms with van der Waals surface area (Å²) in [6.07, 6.45) is -4.55. The highest BCUT2D eigenvalue weighted by atomic mass is 35.5. The van der Waals surface area contributed by atoms with Gasteiger partial charge in [0, 0.05) is 27.7 Å². The van der Waals surface area contributed by atoms with E-state index < -0.39 is 29.5 Å². The Bertz CT molecular complexity index is 1550. The van der Waals surface area contributed by atoms with Gasteiger partial charge in [0.1, 0.15) is 0 Å². The number of halogens is 4. The molecular weight excluding hydrogens is 561 g/mol. The van der Waals surface area contributed by atoms with Crippen LogP contribution < -0.4 is 16.0 Å². The minimum atomic E-state index is -4.55. The van der Waals surface area contributed by atoms with Gasteiger partial charge in [-0.25, -0.2) is 0 Å². The molecule has 0 bridgehead atoms. The highest BCUT2D eigenvalue weighted by Gasteiger charge is 2.36. The average Bonchev–Trinajstić information content (AvgIpc) is 2.92. The number of nitriles is 1. The zero-order chi connectivity index (χ0) is 28.9. The highest BCUT2D eigenvalue weighted by Crippen LogP contribution is 2.43. The van der Waals surface area contributed by atoms with Gasteiger partial charge in [-0.2, -0.15) is 18.4 Å². The monoisotopic (exact) mass is 582 g/mol. The van der Waals surface area contributed by atoms with Crippen molar-refractivity contribution in [2.24, 2.45) is 0 Å². The van der Waals surface area contributed by atoms with Crippen LogP contribution in [0.3, 0.4) is 0 Å². The second kappa shape index (κ2) is 12.3. The normalized spacial score (nSPS) is 15.2. The molecule has 0 unspecified atom stereocenters. The summed E-state index contributed by atoms with van der Waals surface area (Å²) in [4.78, 5) is 26.1. The number of thioether (sulfide) groups is 1. The molecule has 3 aromatic carbocycles. The molecule has 0 saturated heterocycles. The SMILES string of the molecule is CC1=C(C(=O)Nc2ccccc2)[C@H](c2ccccc2Cl)C(C#N)=C(SCC(=O)Nc2cccc(C(F)(F)F)c2)N1. The zero-order valence-corrected chi connectivity index (χ0v) is 22.5.